The van der Waals surface area contributed by atoms with Gasteiger partial charge in [0.25, 0.3) is 0 Å². The molecule has 3 unspecified atom stereocenters. The molecule has 3 saturated heterocycles. The lowest BCUT2D eigenvalue weighted by atomic mass is 10.0. The Morgan fingerprint density at radius 3 is 2.88 bits per heavy atom. The third-order valence-electron chi connectivity index (χ3n) is 4.72. The first-order valence-corrected chi connectivity index (χ1v) is 7.18. The summed E-state index contributed by atoms with van der Waals surface area (Å²) in [5.41, 5.74) is 5.99. The molecule has 3 atom stereocenters. The molecule has 4 heteroatoms. The molecule has 0 bridgehead atoms. The fourth-order valence-electron chi connectivity index (χ4n) is 3.76. The molecular weight excluding hydrogens is 214 g/mol. The van der Waals surface area contributed by atoms with Gasteiger partial charge in [0.1, 0.15) is 0 Å². The monoisotopic (exact) mass is 239 g/mol. The first kappa shape index (κ1) is 11.9. The summed E-state index contributed by atoms with van der Waals surface area (Å²) in [4.78, 5) is 5.25. The van der Waals surface area contributed by atoms with Gasteiger partial charge < -0.3 is 10.5 Å². The lowest BCUT2D eigenvalue weighted by Crippen LogP contribution is -2.58. The Morgan fingerprint density at radius 2 is 2.12 bits per heavy atom. The van der Waals surface area contributed by atoms with Crippen LogP contribution >= 0.6 is 0 Å². The van der Waals surface area contributed by atoms with Gasteiger partial charge in [-0.15, -0.1) is 0 Å². The van der Waals surface area contributed by atoms with E-state index in [0.717, 1.165) is 19.2 Å². The minimum atomic E-state index is 0.396. The maximum absolute atomic E-state index is 5.99. The molecule has 0 amide bonds. The van der Waals surface area contributed by atoms with E-state index in [1.807, 2.05) is 0 Å². The van der Waals surface area contributed by atoms with Crippen LogP contribution in [-0.2, 0) is 4.74 Å². The first-order valence-electron chi connectivity index (χ1n) is 7.18. The molecule has 3 aliphatic rings. The predicted molar refractivity (Wildman–Crippen MR) is 68.0 cm³/mol. The number of ether oxygens (including phenoxy) is 1. The van der Waals surface area contributed by atoms with E-state index in [4.69, 9.17) is 10.5 Å². The van der Waals surface area contributed by atoms with Crippen LogP contribution in [0.2, 0.25) is 0 Å². The second-order valence-corrected chi connectivity index (χ2v) is 5.68. The fourth-order valence-corrected chi connectivity index (χ4v) is 3.76. The highest BCUT2D eigenvalue weighted by atomic mass is 16.5. The molecule has 3 rings (SSSR count). The van der Waals surface area contributed by atoms with Crippen molar-refractivity contribution in [2.24, 2.45) is 5.73 Å². The number of rotatable bonds is 3. The van der Waals surface area contributed by atoms with Crippen LogP contribution < -0.4 is 5.73 Å². The molecule has 0 aromatic rings. The van der Waals surface area contributed by atoms with Crippen LogP contribution in [-0.4, -0.2) is 67.3 Å². The van der Waals surface area contributed by atoms with Gasteiger partial charge in [0.15, 0.2) is 0 Å². The molecule has 3 heterocycles. The summed E-state index contributed by atoms with van der Waals surface area (Å²) in [6.45, 7) is 6.61. The molecule has 0 aliphatic carbocycles. The van der Waals surface area contributed by atoms with Gasteiger partial charge in [-0.2, -0.15) is 0 Å². The zero-order chi connectivity index (χ0) is 11.7. The third kappa shape index (κ3) is 2.36. The number of piperazine rings is 1. The SMILES string of the molecule is NCC(C1CCCO1)N1CCN2CCCC2C1. The van der Waals surface area contributed by atoms with E-state index in [1.165, 1.54) is 51.9 Å². The maximum Gasteiger partial charge on any atom is 0.0743 e. The van der Waals surface area contributed by atoms with E-state index >= 15 is 0 Å². The van der Waals surface area contributed by atoms with Gasteiger partial charge >= 0.3 is 0 Å². The van der Waals surface area contributed by atoms with Crippen molar-refractivity contribution in [1.82, 2.24) is 9.80 Å². The summed E-state index contributed by atoms with van der Waals surface area (Å²) >= 11 is 0. The van der Waals surface area contributed by atoms with Crippen LogP contribution in [0.1, 0.15) is 25.7 Å². The summed E-state index contributed by atoms with van der Waals surface area (Å²) in [6, 6.07) is 1.25. The summed E-state index contributed by atoms with van der Waals surface area (Å²) in [5, 5.41) is 0. The minimum Gasteiger partial charge on any atom is -0.377 e. The highest BCUT2D eigenvalue weighted by Crippen LogP contribution is 2.26. The summed E-state index contributed by atoms with van der Waals surface area (Å²) in [5.74, 6) is 0. The molecule has 0 aromatic heterocycles. The van der Waals surface area contributed by atoms with Gasteiger partial charge in [0, 0.05) is 44.9 Å². The molecule has 98 valence electrons. The average molecular weight is 239 g/mol. The van der Waals surface area contributed by atoms with Crippen molar-refractivity contribution < 1.29 is 4.74 Å². The van der Waals surface area contributed by atoms with Gasteiger partial charge in [0.2, 0.25) is 0 Å². The number of fused-ring (bicyclic) bond motifs is 1. The van der Waals surface area contributed by atoms with Crippen LogP contribution in [0.5, 0.6) is 0 Å². The van der Waals surface area contributed by atoms with Crippen LogP contribution in [0.25, 0.3) is 0 Å². The zero-order valence-corrected chi connectivity index (χ0v) is 10.7. The van der Waals surface area contributed by atoms with Crippen LogP contribution in [0.15, 0.2) is 0 Å². The standard InChI is InChI=1S/C13H25N3O/c14-9-12(13-4-2-8-17-13)16-7-6-15-5-1-3-11(15)10-16/h11-13H,1-10,14H2. The van der Waals surface area contributed by atoms with Gasteiger partial charge in [-0.3, -0.25) is 9.80 Å². The number of hydrogen-bond donors (Lipinski definition) is 1. The van der Waals surface area contributed by atoms with Crippen molar-refractivity contribution >= 4 is 0 Å². The molecule has 17 heavy (non-hydrogen) atoms. The average Bonchev–Trinajstić information content (AvgIpc) is 2.99. The van der Waals surface area contributed by atoms with E-state index in [0.29, 0.717) is 12.1 Å². The molecule has 0 radical (unpaired) electrons. The van der Waals surface area contributed by atoms with Gasteiger partial charge in [-0.1, -0.05) is 0 Å². The van der Waals surface area contributed by atoms with Crippen LogP contribution in [0.4, 0.5) is 0 Å². The highest BCUT2D eigenvalue weighted by molar-refractivity contribution is 4.92. The Morgan fingerprint density at radius 1 is 1.18 bits per heavy atom. The largest absolute Gasteiger partial charge is 0.377 e. The molecule has 0 saturated carbocycles. The zero-order valence-electron chi connectivity index (χ0n) is 10.7. The van der Waals surface area contributed by atoms with Crippen molar-refractivity contribution in [3.8, 4) is 0 Å². The van der Waals surface area contributed by atoms with Gasteiger partial charge in [-0.25, -0.2) is 0 Å². The van der Waals surface area contributed by atoms with Crippen molar-refractivity contribution in [2.75, 3.05) is 39.3 Å². The third-order valence-corrected chi connectivity index (χ3v) is 4.72. The van der Waals surface area contributed by atoms with Gasteiger partial charge in [0.05, 0.1) is 6.10 Å². The van der Waals surface area contributed by atoms with E-state index < -0.39 is 0 Å². The molecule has 0 spiro atoms. The van der Waals surface area contributed by atoms with E-state index in [9.17, 15) is 0 Å². The maximum atomic E-state index is 5.99. The Bertz CT molecular complexity index is 255. The minimum absolute atomic E-state index is 0.396. The Hall–Kier alpha value is -0.160. The Kier molecular flexibility index (Phi) is 3.66. The summed E-state index contributed by atoms with van der Waals surface area (Å²) in [7, 11) is 0. The van der Waals surface area contributed by atoms with Crippen LogP contribution in [0, 0.1) is 0 Å². The lowest BCUT2D eigenvalue weighted by Gasteiger charge is -2.42. The van der Waals surface area contributed by atoms with Gasteiger partial charge in [-0.05, 0) is 32.2 Å². The fraction of sp³-hybridized carbons (Fsp3) is 1.00. The highest BCUT2D eigenvalue weighted by Gasteiger charge is 2.36. The normalized spacial score (nSPS) is 37.2. The predicted octanol–water partition coefficient (Wildman–Crippen LogP) is 0.273. The van der Waals surface area contributed by atoms with Crippen LogP contribution in [0.3, 0.4) is 0 Å². The molecule has 3 aliphatic heterocycles. The molecular formula is C13H25N3O. The van der Waals surface area contributed by atoms with Crippen molar-refractivity contribution in [3.05, 3.63) is 0 Å². The lowest BCUT2D eigenvalue weighted by molar-refractivity contribution is -0.00361. The Balaban J connectivity index is 1.62. The molecule has 2 N–H and O–H groups in total. The first-order chi connectivity index (χ1) is 8.38. The number of hydrogen-bond acceptors (Lipinski definition) is 4. The number of nitrogens with zero attached hydrogens (tertiary/aromatic N) is 2. The second kappa shape index (κ2) is 5.22. The summed E-state index contributed by atoms with van der Waals surface area (Å²) in [6.07, 6.45) is 5.57. The van der Waals surface area contributed by atoms with Crippen molar-refractivity contribution in [1.29, 1.82) is 0 Å². The Labute approximate surface area is 104 Å². The molecule has 0 aromatic carbocycles. The van der Waals surface area contributed by atoms with E-state index in [2.05, 4.69) is 9.80 Å². The van der Waals surface area contributed by atoms with Crippen molar-refractivity contribution in [2.45, 2.75) is 43.9 Å². The van der Waals surface area contributed by atoms with E-state index in [1.54, 1.807) is 0 Å². The number of nitrogens with two attached hydrogens (primary N) is 1. The quantitative estimate of drug-likeness (QED) is 0.768. The molecule has 4 nitrogen and oxygen atoms in total. The second-order valence-electron chi connectivity index (χ2n) is 5.68. The molecule has 3 fully saturated rings. The van der Waals surface area contributed by atoms with Crippen molar-refractivity contribution in [3.63, 3.8) is 0 Å². The summed E-state index contributed by atoms with van der Waals surface area (Å²) < 4.78 is 5.84. The topological polar surface area (TPSA) is 41.7 Å². The smallest absolute Gasteiger partial charge is 0.0743 e. The van der Waals surface area contributed by atoms with E-state index in [-0.39, 0.29) is 0 Å².